The van der Waals surface area contributed by atoms with E-state index in [1.54, 1.807) is 0 Å². The van der Waals surface area contributed by atoms with Crippen molar-refractivity contribution in [2.75, 3.05) is 5.73 Å². The Kier molecular flexibility index (Phi) is 7.41. The quantitative estimate of drug-likeness (QED) is 0.418. The van der Waals surface area contributed by atoms with Gasteiger partial charge >= 0.3 is 18.2 Å². The van der Waals surface area contributed by atoms with Crippen molar-refractivity contribution in [1.82, 2.24) is 4.90 Å². The summed E-state index contributed by atoms with van der Waals surface area (Å²) in [5.41, 5.74) is 0.603. The summed E-state index contributed by atoms with van der Waals surface area (Å²) in [7, 11) is 0. The molecule has 2 rings (SSSR count). The van der Waals surface area contributed by atoms with E-state index in [4.69, 9.17) is 19.9 Å². The SMILES string of the molecule is CC(C)(C)OC(=O)N(C(=O)OC(C)(C)C)C1=N[C@](C)(c2cc(N)ccc2F)[C@@H](F)[C@@H](C(C)(F)F)O1. The Morgan fingerprint density at radius 1 is 1.06 bits per heavy atom. The highest BCUT2D eigenvalue weighted by molar-refractivity contribution is 6.06. The van der Waals surface area contributed by atoms with Crippen molar-refractivity contribution in [2.45, 2.75) is 90.3 Å². The first kappa shape index (κ1) is 28.2. The molecule has 0 saturated carbocycles. The van der Waals surface area contributed by atoms with Gasteiger partial charge in [-0.15, -0.1) is 4.90 Å². The maximum atomic E-state index is 15.6. The first-order valence-corrected chi connectivity index (χ1v) is 10.8. The van der Waals surface area contributed by atoms with Crippen LogP contribution in [0.2, 0.25) is 0 Å². The predicted molar refractivity (Wildman–Crippen MR) is 120 cm³/mol. The van der Waals surface area contributed by atoms with Crippen molar-refractivity contribution in [3.63, 3.8) is 0 Å². The predicted octanol–water partition coefficient (Wildman–Crippen LogP) is 5.54. The Hall–Kier alpha value is -3.05. The zero-order valence-electron chi connectivity index (χ0n) is 20.9. The Morgan fingerprint density at radius 2 is 1.54 bits per heavy atom. The fourth-order valence-corrected chi connectivity index (χ4v) is 3.20. The minimum Gasteiger partial charge on any atom is -0.451 e. The summed E-state index contributed by atoms with van der Waals surface area (Å²) in [5.74, 6) is -4.83. The number of imide groups is 1. The van der Waals surface area contributed by atoms with E-state index in [9.17, 15) is 22.8 Å². The molecule has 0 unspecified atom stereocenters. The van der Waals surface area contributed by atoms with Gasteiger partial charge in [0.1, 0.15) is 22.6 Å². The lowest BCUT2D eigenvalue weighted by atomic mass is 9.82. The van der Waals surface area contributed by atoms with Gasteiger partial charge in [-0.1, -0.05) is 0 Å². The van der Waals surface area contributed by atoms with Crippen LogP contribution in [0.5, 0.6) is 0 Å². The molecule has 1 aliphatic rings. The lowest BCUT2D eigenvalue weighted by molar-refractivity contribution is -0.142. The van der Waals surface area contributed by atoms with E-state index < -0.39 is 64.5 Å². The molecule has 35 heavy (non-hydrogen) atoms. The van der Waals surface area contributed by atoms with Gasteiger partial charge < -0.3 is 19.9 Å². The lowest BCUT2D eigenvalue weighted by Crippen LogP contribution is -2.59. The Bertz CT molecular complexity index is 986. The molecule has 0 fully saturated rings. The topological polar surface area (TPSA) is 103 Å². The Labute approximate surface area is 201 Å². The molecule has 1 aliphatic heterocycles. The van der Waals surface area contributed by atoms with Gasteiger partial charge in [0, 0.05) is 18.2 Å². The van der Waals surface area contributed by atoms with Crippen LogP contribution in [0.25, 0.3) is 0 Å². The van der Waals surface area contributed by atoms with Crippen LogP contribution in [0.15, 0.2) is 23.2 Å². The number of amidine groups is 1. The molecule has 0 aromatic heterocycles. The number of hydrogen-bond donors (Lipinski definition) is 1. The first-order valence-electron chi connectivity index (χ1n) is 10.8. The van der Waals surface area contributed by atoms with Crippen LogP contribution in [0, 0.1) is 5.82 Å². The molecule has 2 amide bonds. The molecule has 8 nitrogen and oxygen atoms in total. The summed E-state index contributed by atoms with van der Waals surface area (Å²) in [6.45, 7) is 10.4. The normalized spacial score (nSPS) is 23.1. The molecule has 1 heterocycles. The molecule has 2 N–H and O–H groups in total. The summed E-state index contributed by atoms with van der Waals surface area (Å²) < 4.78 is 74.8. The molecule has 0 aliphatic carbocycles. The van der Waals surface area contributed by atoms with Gasteiger partial charge in [-0.05, 0) is 66.7 Å². The Morgan fingerprint density at radius 3 is 1.97 bits per heavy atom. The molecule has 0 saturated heterocycles. The average molecular weight is 506 g/mol. The summed E-state index contributed by atoms with van der Waals surface area (Å²) in [6, 6.07) is 2.10. The van der Waals surface area contributed by atoms with Crippen LogP contribution in [0.3, 0.4) is 0 Å². The number of ether oxygens (including phenoxy) is 3. The number of anilines is 1. The van der Waals surface area contributed by atoms with E-state index in [0.29, 0.717) is 6.92 Å². The van der Waals surface area contributed by atoms with Gasteiger partial charge in [0.2, 0.25) is 0 Å². The highest BCUT2D eigenvalue weighted by Crippen LogP contribution is 2.43. The van der Waals surface area contributed by atoms with Crippen LogP contribution in [-0.4, -0.2) is 52.5 Å². The van der Waals surface area contributed by atoms with Crippen molar-refractivity contribution in [1.29, 1.82) is 0 Å². The first-order chi connectivity index (χ1) is 15.7. The van der Waals surface area contributed by atoms with Crippen molar-refractivity contribution in [2.24, 2.45) is 4.99 Å². The van der Waals surface area contributed by atoms with Crippen molar-refractivity contribution in [3.8, 4) is 0 Å². The number of halogens is 4. The molecule has 0 radical (unpaired) electrons. The van der Waals surface area contributed by atoms with Crippen molar-refractivity contribution in [3.05, 3.63) is 29.6 Å². The average Bonchev–Trinajstić information content (AvgIpc) is 2.62. The standard InChI is InChI=1S/C23H31F4N3O5/c1-20(2,3)34-18(31)30(19(32)35-21(4,5)6)17-29-22(7,13-11-12(28)9-10-14(13)24)15(25)16(33-17)23(8,26)27/h9-11,15-16H,28H2,1-8H3/t15-,16-,22+/m0/s1. The van der Waals surface area contributed by atoms with E-state index in [-0.39, 0.29) is 10.6 Å². The fourth-order valence-electron chi connectivity index (χ4n) is 3.20. The monoisotopic (exact) mass is 505 g/mol. The second kappa shape index (κ2) is 9.19. The van der Waals surface area contributed by atoms with Gasteiger partial charge in [0.25, 0.3) is 5.92 Å². The van der Waals surface area contributed by atoms with Gasteiger partial charge in [-0.25, -0.2) is 32.1 Å². The number of amides is 2. The van der Waals surface area contributed by atoms with E-state index in [1.807, 2.05) is 0 Å². The number of nitrogens with two attached hydrogens (primary N) is 1. The number of alkyl halides is 3. The van der Waals surface area contributed by atoms with E-state index in [0.717, 1.165) is 19.1 Å². The molecule has 3 atom stereocenters. The minimum atomic E-state index is -3.84. The molecule has 1 aromatic carbocycles. The van der Waals surface area contributed by atoms with Gasteiger partial charge in [-0.2, -0.15) is 0 Å². The van der Waals surface area contributed by atoms with Gasteiger partial charge in [0.05, 0.1) is 0 Å². The van der Waals surface area contributed by atoms with Crippen molar-refractivity contribution >= 4 is 23.9 Å². The van der Waals surface area contributed by atoms with Crippen LogP contribution < -0.4 is 5.73 Å². The maximum Gasteiger partial charge on any atom is 0.428 e. The van der Waals surface area contributed by atoms with E-state index in [2.05, 4.69) is 4.99 Å². The van der Waals surface area contributed by atoms with Gasteiger partial charge in [0.15, 0.2) is 12.3 Å². The smallest absolute Gasteiger partial charge is 0.428 e. The highest BCUT2D eigenvalue weighted by Gasteiger charge is 2.57. The number of benzene rings is 1. The second-order valence-electron chi connectivity index (χ2n) is 10.5. The number of aliphatic imine (C=N–C) groups is 1. The third kappa shape index (κ3) is 6.55. The van der Waals surface area contributed by atoms with Gasteiger partial charge in [-0.3, -0.25) is 0 Å². The lowest BCUT2D eigenvalue weighted by Gasteiger charge is -2.42. The van der Waals surface area contributed by atoms with Crippen LogP contribution in [0.4, 0.5) is 32.8 Å². The van der Waals surface area contributed by atoms with Crippen LogP contribution >= 0.6 is 0 Å². The molecular formula is C23H31F4N3O5. The number of carbonyl (C=O) groups excluding carboxylic acids is 2. The summed E-state index contributed by atoms with van der Waals surface area (Å²) in [4.78, 5) is 30.0. The number of rotatable bonds is 2. The molecule has 0 spiro atoms. The fraction of sp³-hybridized carbons (Fsp3) is 0.609. The highest BCUT2D eigenvalue weighted by atomic mass is 19.3. The Balaban J connectivity index is 2.78. The number of hydrogen-bond acceptors (Lipinski definition) is 7. The number of nitrogen functional groups attached to an aromatic ring is 1. The second-order valence-corrected chi connectivity index (χ2v) is 10.5. The van der Waals surface area contributed by atoms with Crippen molar-refractivity contribution < 1.29 is 41.4 Å². The molecular weight excluding hydrogens is 474 g/mol. The zero-order chi connectivity index (χ0) is 27.1. The molecule has 1 aromatic rings. The van der Waals surface area contributed by atoms with Crippen LogP contribution in [0.1, 0.15) is 61.0 Å². The largest absolute Gasteiger partial charge is 0.451 e. The third-order valence-electron chi connectivity index (χ3n) is 4.74. The number of nitrogens with zero attached hydrogens (tertiary/aromatic N) is 2. The maximum absolute atomic E-state index is 15.6. The third-order valence-corrected chi connectivity index (χ3v) is 4.74. The van der Waals surface area contributed by atoms with E-state index >= 15 is 4.39 Å². The molecule has 0 bridgehead atoms. The molecule has 12 heteroatoms. The molecule has 196 valence electrons. The van der Waals surface area contributed by atoms with Crippen LogP contribution in [-0.2, 0) is 19.7 Å². The van der Waals surface area contributed by atoms with E-state index in [1.165, 1.54) is 47.6 Å². The minimum absolute atomic E-state index is 0.00835. The zero-order valence-corrected chi connectivity index (χ0v) is 20.9. The number of carbonyl (C=O) groups is 2. The summed E-state index contributed by atoms with van der Waals surface area (Å²) >= 11 is 0. The summed E-state index contributed by atoms with van der Waals surface area (Å²) in [5, 5.41) is 0. The summed E-state index contributed by atoms with van der Waals surface area (Å²) in [6.07, 6.45) is -7.93.